The van der Waals surface area contributed by atoms with Gasteiger partial charge in [0.15, 0.2) is 4.34 Å². The average molecular weight is 317 g/mol. The summed E-state index contributed by atoms with van der Waals surface area (Å²) < 4.78 is 1.39. The molecular weight excluding hydrogens is 312 g/mol. The highest BCUT2D eigenvalue weighted by atomic mass is 79.9. The molecule has 1 aromatic heterocycles. The first kappa shape index (κ1) is 11.6. The van der Waals surface area contributed by atoms with Gasteiger partial charge in [0.2, 0.25) is 0 Å². The van der Waals surface area contributed by atoms with Gasteiger partial charge in [0.1, 0.15) is 5.51 Å². The molecule has 1 N–H and O–H groups in total. The van der Waals surface area contributed by atoms with Crippen molar-refractivity contribution in [1.29, 1.82) is 0 Å². The second-order valence-corrected chi connectivity index (χ2v) is 5.76. The van der Waals surface area contributed by atoms with Crippen LogP contribution < -0.4 is 0 Å². The van der Waals surface area contributed by atoms with Gasteiger partial charge in [-0.15, -0.1) is 10.2 Å². The Morgan fingerprint density at radius 2 is 2.31 bits per heavy atom. The summed E-state index contributed by atoms with van der Waals surface area (Å²) in [6.07, 6.45) is 0. The van der Waals surface area contributed by atoms with E-state index in [1.165, 1.54) is 23.1 Å². The van der Waals surface area contributed by atoms with Crippen LogP contribution in [0.4, 0.5) is 0 Å². The molecule has 0 radical (unpaired) electrons. The predicted octanol–water partition coefficient (Wildman–Crippen LogP) is 3.15. The highest BCUT2D eigenvalue weighted by molar-refractivity contribution is 9.10. The summed E-state index contributed by atoms with van der Waals surface area (Å²) in [6.45, 7) is 0. The van der Waals surface area contributed by atoms with Crippen LogP contribution in [0.15, 0.2) is 37.4 Å². The molecule has 1 heterocycles. The van der Waals surface area contributed by atoms with Crippen molar-refractivity contribution in [2.75, 3.05) is 0 Å². The van der Waals surface area contributed by atoms with Crippen LogP contribution in [-0.2, 0) is 0 Å². The number of aromatic nitrogens is 2. The number of carbonyl (C=O) groups is 1. The summed E-state index contributed by atoms with van der Waals surface area (Å²) in [5, 5.41) is 16.5. The number of hydrogen-bond acceptors (Lipinski definition) is 5. The summed E-state index contributed by atoms with van der Waals surface area (Å²) in [5.74, 6) is -0.945. The highest BCUT2D eigenvalue weighted by Crippen LogP contribution is 2.31. The highest BCUT2D eigenvalue weighted by Gasteiger charge is 2.09. The molecule has 1 aromatic carbocycles. The summed E-state index contributed by atoms with van der Waals surface area (Å²) in [6, 6.07) is 5.07. The van der Waals surface area contributed by atoms with Gasteiger partial charge in [0.25, 0.3) is 0 Å². The van der Waals surface area contributed by atoms with E-state index in [9.17, 15) is 4.79 Å². The zero-order valence-corrected chi connectivity index (χ0v) is 11.0. The summed E-state index contributed by atoms with van der Waals surface area (Å²) >= 11 is 6.12. The second-order valence-electron chi connectivity index (χ2n) is 2.75. The van der Waals surface area contributed by atoms with E-state index in [-0.39, 0.29) is 5.56 Å². The van der Waals surface area contributed by atoms with Crippen LogP contribution in [-0.4, -0.2) is 21.3 Å². The molecule has 0 fully saturated rings. The van der Waals surface area contributed by atoms with Gasteiger partial charge in [-0.2, -0.15) is 0 Å². The second kappa shape index (κ2) is 4.94. The lowest BCUT2D eigenvalue weighted by Crippen LogP contribution is -1.96. The first-order valence-electron chi connectivity index (χ1n) is 4.13. The fourth-order valence-corrected chi connectivity index (χ4v) is 3.23. The third-order valence-electron chi connectivity index (χ3n) is 1.72. The summed E-state index contributed by atoms with van der Waals surface area (Å²) in [5.41, 5.74) is 1.91. The molecule has 2 rings (SSSR count). The Morgan fingerprint density at radius 1 is 1.50 bits per heavy atom. The number of hydrogen-bond donors (Lipinski definition) is 1. The standard InChI is InChI=1S/C9H5BrN2O2S2/c10-7-3-5(1-2-6(7)8(13)14)16-9-12-11-4-15-9/h1-4H,(H,13,14). The SMILES string of the molecule is O=C(O)c1ccc(Sc2nncs2)cc1Br. The molecule has 7 heteroatoms. The third kappa shape index (κ3) is 2.60. The molecule has 0 saturated carbocycles. The molecule has 82 valence electrons. The Balaban J connectivity index is 2.24. The van der Waals surface area contributed by atoms with Crippen molar-refractivity contribution in [3.05, 3.63) is 33.7 Å². The van der Waals surface area contributed by atoms with Crippen LogP contribution >= 0.6 is 39.0 Å². The summed E-state index contributed by atoms with van der Waals surface area (Å²) in [4.78, 5) is 11.7. The van der Waals surface area contributed by atoms with E-state index in [1.54, 1.807) is 23.7 Å². The fourth-order valence-electron chi connectivity index (χ4n) is 1.04. The summed E-state index contributed by atoms with van der Waals surface area (Å²) in [7, 11) is 0. The molecule has 0 atom stereocenters. The van der Waals surface area contributed by atoms with Crippen LogP contribution in [0, 0.1) is 0 Å². The van der Waals surface area contributed by atoms with E-state index in [0.29, 0.717) is 4.47 Å². The number of carboxylic acid groups (broad SMARTS) is 1. The van der Waals surface area contributed by atoms with E-state index in [0.717, 1.165) is 9.24 Å². The average Bonchev–Trinajstić information content (AvgIpc) is 2.70. The molecule has 0 aliphatic rings. The number of nitrogens with zero attached hydrogens (tertiary/aromatic N) is 2. The minimum absolute atomic E-state index is 0.251. The lowest BCUT2D eigenvalue weighted by Gasteiger charge is -2.01. The first-order chi connectivity index (χ1) is 7.66. The minimum atomic E-state index is -0.945. The Morgan fingerprint density at radius 3 is 2.88 bits per heavy atom. The third-order valence-corrected chi connectivity index (χ3v) is 4.14. The predicted molar refractivity (Wildman–Crippen MR) is 65.1 cm³/mol. The largest absolute Gasteiger partial charge is 0.478 e. The van der Waals surface area contributed by atoms with Crippen LogP contribution in [0.5, 0.6) is 0 Å². The number of benzene rings is 1. The van der Waals surface area contributed by atoms with Crippen LogP contribution in [0.2, 0.25) is 0 Å². The van der Waals surface area contributed by atoms with Gasteiger partial charge < -0.3 is 5.11 Å². The van der Waals surface area contributed by atoms with Crippen molar-refractivity contribution < 1.29 is 9.90 Å². The molecule has 0 unspecified atom stereocenters. The Kier molecular flexibility index (Phi) is 3.57. The lowest BCUT2D eigenvalue weighted by molar-refractivity contribution is 0.0696. The molecule has 0 amide bonds. The van der Waals surface area contributed by atoms with Gasteiger partial charge >= 0.3 is 5.97 Å². The fraction of sp³-hybridized carbons (Fsp3) is 0. The van der Waals surface area contributed by atoms with E-state index in [4.69, 9.17) is 5.11 Å². The van der Waals surface area contributed by atoms with Crippen molar-refractivity contribution in [3.8, 4) is 0 Å². The molecule has 0 spiro atoms. The normalized spacial score (nSPS) is 10.3. The van der Waals surface area contributed by atoms with Crippen molar-refractivity contribution in [2.45, 2.75) is 9.24 Å². The van der Waals surface area contributed by atoms with E-state index < -0.39 is 5.97 Å². The lowest BCUT2D eigenvalue weighted by atomic mass is 10.2. The molecule has 2 aromatic rings. The number of aromatic carboxylic acids is 1. The number of rotatable bonds is 3. The molecule has 0 saturated heterocycles. The maximum Gasteiger partial charge on any atom is 0.336 e. The maximum absolute atomic E-state index is 10.8. The Hall–Kier alpha value is -0.920. The molecule has 0 aliphatic heterocycles. The molecule has 0 aliphatic carbocycles. The van der Waals surface area contributed by atoms with Crippen LogP contribution in [0.3, 0.4) is 0 Å². The van der Waals surface area contributed by atoms with Crippen molar-refractivity contribution in [1.82, 2.24) is 10.2 Å². The van der Waals surface area contributed by atoms with Crippen LogP contribution in [0.1, 0.15) is 10.4 Å². The zero-order chi connectivity index (χ0) is 11.5. The van der Waals surface area contributed by atoms with E-state index >= 15 is 0 Å². The smallest absolute Gasteiger partial charge is 0.336 e. The number of carboxylic acids is 1. The molecular formula is C9H5BrN2O2S2. The monoisotopic (exact) mass is 316 g/mol. The van der Waals surface area contributed by atoms with Crippen LogP contribution in [0.25, 0.3) is 0 Å². The Labute approximate surface area is 108 Å². The first-order valence-corrected chi connectivity index (χ1v) is 6.62. The van der Waals surface area contributed by atoms with Gasteiger partial charge in [0.05, 0.1) is 5.56 Å². The van der Waals surface area contributed by atoms with E-state index in [2.05, 4.69) is 26.1 Å². The van der Waals surface area contributed by atoms with Crippen molar-refractivity contribution in [2.24, 2.45) is 0 Å². The zero-order valence-electron chi connectivity index (χ0n) is 7.75. The van der Waals surface area contributed by atoms with E-state index in [1.807, 2.05) is 0 Å². The topological polar surface area (TPSA) is 63.1 Å². The van der Waals surface area contributed by atoms with Gasteiger partial charge in [-0.25, -0.2) is 4.79 Å². The van der Waals surface area contributed by atoms with Gasteiger partial charge in [0, 0.05) is 9.37 Å². The maximum atomic E-state index is 10.8. The van der Waals surface area contributed by atoms with Gasteiger partial charge in [-0.1, -0.05) is 23.1 Å². The van der Waals surface area contributed by atoms with Crippen molar-refractivity contribution >= 4 is 45.0 Å². The van der Waals surface area contributed by atoms with Gasteiger partial charge in [-0.3, -0.25) is 0 Å². The molecule has 4 nitrogen and oxygen atoms in total. The molecule has 16 heavy (non-hydrogen) atoms. The minimum Gasteiger partial charge on any atom is -0.478 e. The quantitative estimate of drug-likeness (QED) is 0.942. The Bertz CT molecular complexity index is 516. The number of halogens is 1. The molecule has 0 bridgehead atoms. The van der Waals surface area contributed by atoms with Crippen molar-refractivity contribution in [3.63, 3.8) is 0 Å². The van der Waals surface area contributed by atoms with Gasteiger partial charge in [-0.05, 0) is 34.1 Å².